The number of ether oxygens (including phenoxy) is 2. The molecule has 0 radical (unpaired) electrons. The third-order valence-electron chi connectivity index (χ3n) is 4.63. The largest absolute Gasteiger partial charge is 0.480 e. The zero-order chi connectivity index (χ0) is 26.8. The molecule has 196 valence electrons. The first-order chi connectivity index (χ1) is 17.3. The van der Waals surface area contributed by atoms with Gasteiger partial charge in [0.15, 0.2) is 5.78 Å². The molecule has 0 saturated heterocycles. The molecule has 11 heteroatoms. The van der Waals surface area contributed by atoms with E-state index in [-0.39, 0.29) is 45.1 Å². The molecule has 0 saturated carbocycles. The first-order valence-electron chi connectivity index (χ1n) is 11.2. The van der Waals surface area contributed by atoms with Crippen molar-refractivity contribution in [1.29, 1.82) is 0 Å². The summed E-state index contributed by atoms with van der Waals surface area (Å²) in [6, 6.07) is 16.4. The molecular formula is C25H32N2O9. The second-order valence-electron chi connectivity index (χ2n) is 7.49. The van der Waals surface area contributed by atoms with Crippen LogP contribution in [0.4, 0.5) is 9.59 Å². The van der Waals surface area contributed by atoms with Crippen LogP contribution in [0.15, 0.2) is 60.7 Å². The fourth-order valence-corrected chi connectivity index (χ4v) is 2.71. The number of aliphatic hydroxyl groups excluding tert-OH is 2. The molecule has 0 aliphatic heterocycles. The van der Waals surface area contributed by atoms with Gasteiger partial charge in [0.2, 0.25) is 0 Å². The van der Waals surface area contributed by atoms with Gasteiger partial charge in [0, 0.05) is 19.6 Å². The third kappa shape index (κ3) is 13.1. The highest BCUT2D eigenvalue weighted by Crippen LogP contribution is 2.02. The Morgan fingerprint density at radius 2 is 1.11 bits per heavy atom. The number of alkyl carbamates (subject to hydrolysis) is 2. The normalized spacial score (nSPS) is 11.6. The number of hydrogen-bond acceptors (Lipinski definition) is 8. The molecule has 0 aromatic heterocycles. The van der Waals surface area contributed by atoms with Gasteiger partial charge in [0.05, 0.1) is 6.04 Å². The number of ketones is 1. The number of Topliss-reactive ketones (excluding diaryl/α,β-unsaturated/α-hetero) is 1. The summed E-state index contributed by atoms with van der Waals surface area (Å²) in [6.45, 7) is 1.09. The minimum Gasteiger partial charge on any atom is -0.480 e. The lowest BCUT2D eigenvalue weighted by atomic mass is 10.1. The number of nitrogens with one attached hydrogen (secondary N) is 2. The summed E-state index contributed by atoms with van der Waals surface area (Å²) < 4.78 is 9.83. The lowest BCUT2D eigenvalue weighted by Gasteiger charge is -2.14. The van der Waals surface area contributed by atoms with Gasteiger partial charge in [0.1, 0.15) is 19.3 Å². The quantitative estimate of drug-likeness (QED) is 0.290. The van der Waals surface area contributed by atoms with Gasteiger partial charge in [-0.1, -0.05) is 60.7 Å². The van der Waals surface area contributed by atoms with Gasteiger partial charge in [-0.2, -0.15) is 0 Å². The fraction of sp³-hybridized carbons (Fsp3) is 0.360. The number of aliphatic carboxylic acids is 1. The maximum atomic E-state index is 11.4. The molecule has 0 unspecified atom stereocenters. The zero-order valence-electron chi connectivity index (χ0n) is 20.0. The van der Waals surface area contributed by atoms with Crippen LogP contribution in [-0.4, -0.2) is 64.6 Å². The molecular weight excluding hydrogens is 472 g/mol. The van der Waals surface area contributed by atoms with Gasteiger partial charge in [0.25, 0.3) is 0 Å². The van der Waals surface area contributed by atoms with E-state index in [1.807, 2.05) is 48.5 Å². The van der Waals surface area contributed by atoms with E-state index in [4.69, 9.17) is 24.8 Å². The summed E-state index contributed by atoms with van der Waals surface area (Å²) in [6.07, 6.45) is -1.35. The minimum atomic E-state index is -1.21. The second-order valence-corrected chi connectivity index (χ2v) is 7.49. The van der Waals surface area contributed by atoms with Crippen LogP contribution in [0.2, 0.25) is 0 Å². The summed E-state index contributed by atoms with van der Waals surface area (Å²) in [5.74, 6) is -1.42. The Bertz CT molecular complexity index is 862. The van der Waals surface area contributed by atoms with E-state index < -0.39 is 30.2 Å². The molecule has 2 rings (SSSR count). The molecule has 2 aromatic rings. The van der Waals surface area contributed by atoms with Crippen molar-refractivity contribution in [2.24, 2.45) is 0 Å². The van der Waals surface area contributed by atoms with Gasteiger partial charge in [-0.15, -0.1) is 0 Å². The van der Waals surface area contributed by atoms with Crippen molar-refractivity contribution in [2.45, 2.75) is 45.1 Å². The number of amides is 2. The molecule has 2 amide bonds. The molecule has 0 aliphatic rings. The van der Waals surface area contributed by atoms with Crippen LogP contribution in [0.5, 0.6) is 0 Å². The Morgan fingerprint density at radius 1 is 0.722 bits per heavy atom. The van der Waals surface area contributed by atoms with Crippen LogP contribution in [0.3, 0.4) is 0 Å². The minimum absolute atomic E-state index is 0.0598. The van der Waals surface area contributed by atoms with Gasteiger partial charge in [-0.3, -0.25) is 4.79 Å². The predicted octanol–water partition coefficient (Wildman–Crippen LogP) is 2.00. The first-order valence-corrected chi connectivity index (χ1v) is 11.2. The molecule has 0 spiro atoms. The summed E-state index contributed by atoms with van der Waals surface area (Å²) in [7, 11) is 0. The Balaban J connectivity index is 0.000000360. The van der Waals surface area contributed by atoms with Crippen LogP contribution in [0.25, 0.3) is 0 Å². The number of carbonyl (C=O) groups is 4. The lowest BCUT2D eigenvalue weighted by Crippen LogP contribution is -2.41. The van der Waals surface area contributed by atoms with Gasteiger partial charge >= 0.3 is 18.2 Å². The molecule has 5 N–H and O–H groups in total. The van der Waals surface area contributed by atoms with E-state index >= 15 is 0 Å². The van der Waals surface area contributed by atoms with Crippen molar-refractivity contribution >= 4 is 23.9 Å². The van der Waals surface area contributed by atoms with Gasteiger partial charge in [-0.25, -0.2) is 14.4 Å². The van der Waals surface area contributed by atoms with E-state index in [0.717, 1.165) is 11.1 Å². The van der Waals surface area contributed by atoms with Crippen LogP contribution < -0.4 is 10.6 Å². The fourth-order valence-electron chi connectivity index (χ4n) is 2.71. The lowest BCUT2D eigenvalue weighted by molar-refractivity contribution is -0.139. The van der Waals surface area contributed by atoms with Crippen LogP contribution >= 0.6 is 0 Å². The number of hydrogen-bond donors (Lipinski definition) is 5. The molecule has 2 aromatic carbocycles. The summed E-state index contributed by atoms with van der Waals surface area (Å²) in [5.41, 5.74) is 1.68. The SMILES string of the molecule is CC(=O)[C@H](CCO)NC(=O)OCc1ccccc1.O=C(N[C@@H](CCO)C(=O)O)OCc1ccccc1. The molecule has 0 aliphatic carbocycles. The van der Waals surface area contributed by atoms with Crippen LogP contribution in [0, 0.1) is 0 Å². The third-order valence-corrected chi connectivity index (χ3v) is 4.63. The number of carbonyl (C=O) groups excluding carboxylic acids is 3. The maximum Gasteiger partial charge on any atom is 0.408 e. The van der Waals surface area contributed by atoms with E-state index in [9.17, 15) is 19.2 Å². The maximum absolute atomic E-state index is 11.4. The van der Waals surface area contributed by atoms with Crippen molar-refractivity contribution in [3.05, 3.63) is 71.8 Å². The number of rotatable bonds is 12. The molecule has 0 bridgehead atoms. The highest BCUT2D eigenvalue weighted by molar-refractivity contribution is 5.85. The highest BCUT2D eigenvalue weighted by Gasteiger charge is 2.20. The molecule has 36 heavy (non-hydrogen) atoms. The van der Waals surface area contributed by atoms with Gasteiger partial charge in [-0.05, 0) is 24.5 Å². The van der Waals surface area contributed by atoms with Crippen LogP contribution in [-0.2, 0) is 32.3 Å². The van der Waals surface area contributed by atoms with Crippen LogP contribution in [0.1, 0.15) is 30.9 Å². The molecule has 11 nitrogen and oxygen atoms in total. The number of carboxylic acids is 1. The second kappa shape index (κ2) is 17.5. The smallest absolute Gasteiger partial charge is 0.408 e. The summed E-state index contributed by atoms with van der Waals surface area (Å²) in [5, 5.41) is 30.8. The van der Waals surface area contributed by atoms with Crippen molar-refractivity contribution in [1.82, 2.24) is 10.6 Å². The Labute approximate surface area is 209 Å². The Kier molecular flexibility index (Phi) is 14.6. The topological polar surface area (TPSA) is 171 Å². The zero-order valence-corrected chi connectivity index (χ0v) is 20.0. The Hall–Kier alpha value is -3.96. The summed E-state index contributed by atoms with van der Waals surface area (Å²) in [4.78, 5) is 44.6. The Morgan fingerprint density at radius 3 is 1.47 bits per heavy atom. The molecule has 0 heterocycles. The number of aliphatic hydroxyl groups is 2. The van der Waals surface area contributed by atoms with E-state index in [2.05, 4.69) is 10.6 Å². The average Bonchev–Trinajstić information content (AvgIpc) is 2.87. The van der Waals surface area contributed by atoms with Crippen molar-refractivity contribution in [3.63, 3.8) is 0 Å². The van der Waals surface area contributed by atoms with Crippen molar-refractivity contribution in [2.75, 3.05) is 13.2 Å². The monoisotopic (exact) mass is 504 g/mol. The van der Waals surface area contributed by atoms with E-state index in [1.54, 1.807) is 12.1 Å². The van der Waals surface area contributed by atoms with E-state index in [0.29, 0.717) is 0 Å². The van der Waals surface area contributed by atoms with E-state index in [1.165, 1.54) is 6.92 Å². The van der Waals surface area contributed by atoms with Crippen molar-refractivity contribution in [3.8, 4) is 0 Å². The standard InChI is InChI=1S/C13H17NO4.C12H15NO5/c1-10(16)12(7-8-15)14-13(17)18-9-11-5-3-2-4-6-11;14-7-6-10(11(15)16)13-12(17)18-8-9-4-2-1-3-5-9/h2-6,12,15H,7-9H2,1H3,(H,14,17);1-5,10,14H,6-8H2,(H,13,17)(H,15,16)/t12-;10-/m00/s1. The molecule has 0 fully saturated rings. The van der Waals surface area contributed by atoms with Crippen molar-refractivity contribution < 1.29 is 44.0 Å². The molecule has 2 atom stereocenters. The number of carboxylic acid groups (broad SMARTS) is 1. The predicted molar refractivity (Wildman–Crippen MR) is 129 cm³/mol. The van der Waals surface area contributed by atoms with Gasteiger partial charge < -0.3 is 35.4 Å². The average molecular weight is 505 g/mol. The first kappa shape index (κ1) is 30.1. The number of benzene rings is 2. The highest BCUT2D eigenvalue weighted by atomic mass is 16.6. The summed E-state index contributed by atoms with van der Waals surface area (Å²) >= 11 is 0.